The topological polar surface area (TPSA) is 89.0 Å². The van der Waals surface area contributed by atoms with E-state index < -0.39 is 18.4 Å². The lowest BCUT2D eigenvalue weighted by Crippen LogP contribution is -2.32. The fourth-order valence-corrected chi connectivity index (χ4v) is 2.00. The van der Waals surface area contributed by atoms with Crippen LogP contribution in [0.15, 0.2) is 47.6 Å². The number of rotatable bonds is 6. The van der Waals surface area contributed by atoms with E-state index in [0.717, 1.165) is 5.56 Å². The monoisotopic (exact) mass is 377 g/mol. The Morgan fingerprint density at radius 1 is 1.07 bits per heavy atom. The number of nitrogens with zero attached hydrogens (tertiary/aromatic N) is 1. The van der Waals surface area contributed by atoms with Gasteiger partial charge in [-0.05, 0) is 42.8 Å². The minimum atomic E-state index is -3.02. The van der Waals surface area contributed by atoms with Gasteiger partial charge in [-0.15, -0.1) is 0 Å². The van der Waals surface area contributed by atoms with Crippen molar-refractivity contribution in [3.05, 3.63) is 53.6 Å². The maximum absolute atomic E-state index is 12.4. The molecule has 0 spiro atoms. The van der Waals surface area contributed by atoms with Crippen molar-refractivity contribution < 1.29 is 27.8 Å². The Bertz CT molecular complexity index is 839. The Balaban J connectivity index is 1.96. The lowest BCUT2D eigenvalue weighted by molar-refractivity contribution is -0.136. The number of aryl methyl sites for hydroxylation is 1. The van der Waals surface area contributed by atoms with Gasteiger partial charge >= 0.3 is 18.4 Å². The fourth-order valence-electron chi connectivity index (χ4n) is 2.00. The van der Waals surface area contributed by atoms with Crippen LogP contribution in [-0.4, -0.2) is 31.8 Å². The molecule has 0 aliphatic heterocycles. The van der Waals surface area contributed by atoms with Gasteiger partial charge in [-0.1, -0.05) is 17.7 Å². The molecule has 2 rings (SSSR count). The molecule has 27 heavy (non-hydrogen) atoms. The minimum absolute atomic E-state index is 0.119. The highest BCUT2D eigenvalue weighted by molar-refractivity contribution is 6.39. The predicted octanol–water partition coefficient (Wildman–Crippen LogP) is 2.69. The number of anilines is 1. The number of alkyl halides is 2. The van der Waals surface area contributed by atoms with Gasteiger partial charge in [0.2, 0.25) is 0 Å². The highest BCUT2D eigenvalue weighted by atomic mass is 19.3. The largest absolute Gasteiger partial charge is 0.493 e. The van der Waals surface area contributed by atoms with Crippen LogP contribution in [0.1, 0.15) is 11.1 Å². The maximum atomic E-state index is 12.4. The molecule has 9 heteroatoms. The summed E-state index contributed by atoms with van der Waals surface area (Å²) in [6, 6.07) is 11.1. The molecule has 0 bridgehead atoms. The summed E-state index contributed by atoms with van der Waals surface area (Å²) in [5.41, 5.74) is 3.88. The molecule has 0 fully saturated rings. The summed E-state index contributed by atoms with van der Waals surface area (Å²) < 4.78 is 34.1. The van der Waals surface area contributed by atoms with E-state index in [4.69, 9.17) is 4.74 Å². The van der Waals surface area contributed by atoms with Gasteiger partial charge < -0.3 is 14.8 Å². The molecule has 0 aliphatic carbocycles. The van der Waals surface area contributed by atoms with E-state index in [1.807, 2.05) is 12.3 Å². The zero-order chi connectivity index (χ0) is 19.8. The third-order valence-corrected chi connectivity index (χ3v) is 3.30. The zero-order valence-corrected chi connectivity index (χ0v) is 14.5. The molecule has 0 aromatic heterocycles. The molecule has 7 nitrogen and oxygen atoms in total. The Morgan fingerprint density at radius 3 is 2.41 bits per heavy atom. The van der Waals surface area contributed by atoms with Gasteiger partial charge in [0.15, 0.2) is 11.5 Å². The Kier molecular flexibility index (Phi) is 6.81. The SMILES string of the molecule is COc1ccc(/C=N\NC(=O)C(=O)Nc2ccc(C)cc2)cc1OC(F)F. The van der Waals surface area contributed by atoms with Crippen LogP contribution < -0.4 is 20.2 Å². The van der Waals surface area contributed by atoms with E-state index in [2.05, 4.69) is 15.2 Å². The first-order chi connectivity index (χ1) is 12.9. The van der Waals surface area contributed by atoms with Crippen LogP contribution >= 0.6 is 0 Å². The number of halogens is 2. The van der Waals surface area contributed by atoms with Crippen LogP contribution in [0, 0.1) is 6.92 Å². The first kappa shape index (κ1) is 19.8. The molecule has 2 aromatic carbocycles. The first-order valence-electron chi connectivity index (χ1n) is 7.73. The summed E-state index contributed by atoms with van der Waals surface area (Å²) in [5, 5.41) is 6.04. The van der Waals surface area contributed by atoms with Gasteiger partial charge in [0, 0.05) is 5.69 Å². The number of nitrogens with one attached hydrogen (secondary N) is 2. The van der Waals surface area contributed by atoms with Gasteiger partial charge in [-0.3, -0.25) is 9.59 Å². The van der Waals surface area contributed by atoms with Crippen LogP contribution in [0.5, 0.6) is 11.5 Å². The third-order valence-electron chi connectivity index (χ3n) is 3.30. The van der Waals surface area contributed by atoms with E-state index in [1.54, 1.807) is 24.3 Å². The fraction of sp³-hybridized carbons (Fsp3) is 0.167. The smallest absolute Gasteiger partial charge is 0.387 e. The van der Waals surface area contributed by atoms with Crippen molar-refractivity contribution >= 4 is 23.7 Å². The minimum Gasteiger partial charge on any atom is -0.493 e. The highest BCUT2D eigenvalue weighted by Crippen LogP contribution is 2.28. The zero-order valence-electron chi connectivity index (χ0n) is 14.5. The number of methoxy groups -OCH3 is 1. The van der Waals surface area contributed by atoms with Crippen LogP contribution in [0.25, 0.3) is 0 Å². The second-order valence-corrected chi connectivity index (χ2v) is 5.31. The summed E-state index contributed by atoms with van der Waals surface area (Å²) in [7, 11) is 1.31. The van der Waals surface area contributed by atoms with Crippen molar-refractivity contribution in [2.45, 2.75) is 13.5 Å². The Labute approximate surface area is 154 Å². The number of benzene rings is 2. The normalized spacial score (nSPS) is 10.7. The van der Waals surface area contributed by atoms with E-state index in [-0.39, 0.29) is 11.5 Å². The lowest BCUT2D eigenvalue weighted by Gasteiger charge is -2.10. The number of hydrogen-bond acceptors (Lipinski definition) is 5. The molecule has 2 N–H and O–H groups in total. The summed E-state index contributed by atoms with van der Waals surface area (Å²) >= 11 is 0. The van der Waals surface area contributed by atoms with Gasteiger partial charge in [-0.25, -0.2) is 5.43 Å². The molecule has 0 unspecified atom stereocenters. The van der Waals surface area contributed by atoms with E-state index >= 15 is 0 Å². The summed E-state index contributed by atoms with van der Waals surface area (Å²) in [6.45, 7) is -1.12. The van der Waals surface area contributed by atoms with Gasteiger partial charge in [-0.2, -0.15) is 13.9 Å². The lowest BCUT2D eigenvalue weighted by atomic mass is 10.2. The molecule has 0 saturated heterocycles. The van der Waals surface area contributed by atoms with Gasteiger partial charge in [0.1, 0.15) is 0 Å². The predicted molar refractivity (Wildman–Crippen MR) is 95.2 cm³/mol. The van der Waals surface area contributed by atoms with Crippen LogP contribution in [-0.2, 0) is 9.59 Å². The number of ether oxygens (including phenoxy) is 2. The molecule has 0 radical (unpaired) electrons. The van der Waals surface area contributed by atoms with Crippen LogP contribution in [0.4, 0.5) is 14.5 Å². The summed E-state index contributed by atoms with van der Waals surface area (Å²) in [5.74, 6) is -1.94. The average molecular weight is 377 g/mol. The van der Waals surface area contributed by atoms with E-state index in [0.29, 0.717) is 11.3 Å². The Morgan fingerprint density at radius 2 is 1.78 bits per heavy atom. The maximum Gasteiger partial charge on any atom is 0.387 e. The van der Waals surface area contributed by atoms with Gasteiger partial charge in [0.25, 0.3) is 0 Å². The molecule has 2 aromatic rings. The highest BCUT2D eigenvalue weighted by Gasteiger charge is 2.13. The number of carbonyl (C=O) groups is 2. The van der Waals surface area contributed by atoms with E-state index in [1.165, 1.54) is 31.5 Å². The molecule has 2 amide bonds. The van der Waals surface area contributed by atoms with Crippen molar-refractivity contribution in [2.24, 2.45) is 5.10 Å². The second kappa shape index (κ2) is 9.27. The second-order valence-electron chi connectivity index (χ2n) is 5.31. The van der Waals surface area contributed by atoms with E-state index in [9.17, 15) is 18.4 Å². The average Bonchev–Trinajstić information content (AvgIpc) is 2.63. The van der Waals surface area contributed by atoms with Crippen molar-refractivity contribution in [3.63, 3.8) is 0 Å². The van der Waals surface area contributed by atoms with Crippen LogP contribution in [0.3, 0.4) is 0 Å². The molecule has 142 valence electrons. The van der Waals surface area contributed by atoms with Crippen molar-refractivity contribution in [1.82, 2.24) is 5.43 Å². The molecule has 0 aliphatic rings. The molecule has 0 atom stereocenters. The number of amides is 2. The van der Waals surface area contributed by atoms with Crippen molar-refractivity contribution in [2.75, 3.05) is 12.4 Å². The molecule has 0 heterocycles. The van der Waals surface area contributed by atoms with Crippen LogP contribution in [0.2, 0.25) is 0 Å². The third kappa shape index (κ3) is 6.07. The summed E-state index contributed by atoms with van der Waals surface area (Å²) in [6.07, 6.45) is 1.18. The quantitative estimate of drug-likeness (QED) is 0.460. The molecule has 0 saturated carbocycles. The molecular formula is C18H17F2N3O4. The number of hydrazone groups is 1. The Hall–Kier alpha value is -3.49. The molecular weight excluding hydrogens is 360 g/mol. The number of hydrogen-bond donors (Lipinski definition) is 2. The van der Waals surface area contributed by atoms with Gasteiger partial charge in [0.05, 0.1) is 13.3 Å². The first-order valence-corrected chi connectivity index (χ1v) is 7.73. The summed E-state index contributed by atoms with van der Waals surface area (Å²) in [4.78, 5) is 23.5. The van der Waals surface area contributed by atoms with Crippen molar-refractivity contribution in [3.8, 4) is 11.5 Å². The number of carbonyl (C=O) groups excluding carboxylic acids is 2. The standard InChI is InChI=1S/C18H17F2N3O4/c1-11-3-6-13(7-4-11)22-16(24)17(25)23-21-10-12-5-8-14(26-2)15(9-12)27-18(19)20/h3-10,18H,1-2H3,(H,22,24)(H,23,25)/b21-10-. The van der Waals surface area contributed by atoms with Crippen molar-refractivity contribution in [1.29, 1.82) is 0 Å².